The first-order valence-corrected chi connectivity index (χ1v) is 12.9. The monoisotopic (exact) mass is 834 g/mol. The van der Waals surface area contributed by atoms with Crippen molar-refractivity contribution in [2.75, 3.05) is 32.5 Å². The SMILES string of the molecule is CNC(=S)N(C)CCNc1c2ccccc2nc2ccccc12.O=[N+]([O-])[O-].O=[N+]([O-])[O-].[Cl-].[Pt+2].c1ccc(-c2ccccn2)nc1. The summed E-state index contributed by atoms with van der Waals surface area (Å²) in [4.78, 5) is 31.6. The maximum absolute atomic E-state index is 8.25. The van der Waals surface area contributed by atoms with E-state index in [-0.39, 0.29) is 33.5 Å². The Balaban J connectivity index is 0.000000738. The summed E-state index contributed by atoms with van der Waals surface area (Å²) in [5.41, 5.74) is 4.98. The van der Waals surface area contributed by atoms with Crippen LogP contribution in [0.15, 0.2) is 97.3 Å². The second-order valence-electron chi connectivity index (χ2n) is 8.30. The summed E-state index contributed by atoms with van der Waals surface area (Å²) in [5, 5.41) is 39.1. The Morgan fingerprint density at radius 3 is 1.56 bits per heavy atom. The maximum atomic E-state index is 8.25. The first-order valence-electron chi connectivity index (χ1n) is 12.5. The van der Waals surface area contributed by atoms with Crippen LogP contribution in [0.25, 0.3) is 33.2 Å². The van der Waals surface area contributed by atoms with Gasteiger partial charge in [-0.2, -0.15) is 0 Å². The normalized spacial score (nSPS) is 9.11. The number of likely N-dealkylation sites (N-methyl/N-ethyl adjacent to an activating group) is 1. The van der Waals surface area contributed by atoms with Gasteiger partial charge in [-0.15, -0.1) is 0 Å². The summed E-state index contributed by atoms with van der Waals surface area (Å²) >= 11 is 5.24. The third-order valence-corrected chi connectivity index (χ3v) is 6.01. The van der Waals surface area contributed by atoms with Gasteiger partial charge in [0.05, 0.1) is 38.3 Å². The molecule has 0 unspecified atom stereocenters. The Kier molecular flexibility index (Phi) is 19.6. The van der Waals surface area contributed by atoms with Crippen molar-refractivity contribution in [3.8, 4) is 11.4 Å². The molecule has 14 nitrogen and oxygen atoms in total. The van der Waals surface area contributed by atoms with Gasteiger partial charge in [0.25, 0.3) is 0 Å². The van der Waals surface area contributed by atoms with Crippen molar-refractivity contribution in [1.82, 2.24) is 25.2 Å². The molecule has 0 atom stereocenters. The number of pyridine rings is 3. The van der Waals surface area contributed by atoms with Crippen molar-refractivity contribution in [2.24, 2.45) is 0 Å². The number of hydrogen-bond acceptors (Lipinski definition) is 11. The molecule has 0 spiro atoms. The first kappa shape index (κ1) is 40.3. The van der Waals surface area contributed by atoms with Crippen LogP contribution in [-0.4, -0.2) is 62.3 Å². The number of fused-ring (bicyclic) bond motifs is 2. The number of nitrogens with zero attached hydrogens (tertiary/aromatic N) is 6. The third-order valence-electron chi connectivity index (χ3n) is 5.49. The predicted octanol–water partition coefficient (Wildman–Crippen LogP) is 1.90. The van der Waals surface area contributed by atoms with Gasteiger partial charge in [0.2, 0.25) is 0 Å². The zero-order chi connectivity index (χ0) is 31.6. The first-order chi connectivity index (χ1) is 20.6. The number of rotatable bonds is 5. The predicted molar refractivity (Wildman–Crippen MR) is 170 cm³/mol. The van der Waals surface area contributed by atoms with E-state index in [2.05, 4.69) is 44.9 Å². The number of benzene rings is 2. The quantitative estimate of drug-likeness (QED) is 0.113. The second kappa shape index (κ2) is 21.9. The van der Waals surface area contributed by atoms with Crippen molar-refractivity contribution in [2.45, 2.75) is 0 Å². The molecule has 3 aromatic heterocycles. The van der Waals surface area contributed by atoms with E-state index in [4.69, 9.17) is 47.8 Å². The molecule has 0 saturated carbocycles. The average Bonchev–Trinajstić information content (AvgIpc) is 3.01. The smallest absolute Gasteiger partial charge is 1.00 e. The van der Waals surface area contributed by atoms with Gasteiger partial charge in [-0.1, -0.05) is 48.5 Å². The fourth-order valence-corrected chi connectivity index (χ4v) is 3.79. The summed E-state index contributed by atoms with van der Waals surface area (Å²) < 4.78 is 0. The summed E-state index contributed by atoms with van der Waals surface area (Å²) in [6, 6.07) is 28.1. The Bertz CT molecular complexity index is 1520. The molecule has 5 rings (SSSR count). The number of hydrogen-bond donors (Lipinski definition) is 2. The largest absolute Gasteiger partial charge is 2.00 e. The molecule has 0 saturated heterocycles. The molecular weight excluding hydrogens is 807 g/mol. The summed E-state index contributed by atoms with van der Waals surface area (Å²) in [6.07, 6.45) is 3.54. The van der Waals surface area contributed by atoms with E-state index in [9.17, 15) is 0 Å². The molecule has 0 bridgehead atoms. The molecule has 2 aromatic carbocycles. The summed E-state index contributed by atoms with van der Waals surface area (Å²) in [6.45, 7) is 1.63. The number of anilines is 1. The minimum absolute atomic E-state index is 0. The van der Waals surface area contributed by atoms with Crippen LogP contribution in [0.3, 0.4) is 0 Å². The second-order valence-corrected chi connectivity index (χ2v) is 8.69. The number of nitrogens with one attached hydrogen (secondary N) is 2. The molecule has 0 fully saturated rings. The van der Waals surface area contributed by atoms with Crippen LogP contribution in [-0.2, 0) is 21.1 Å². The van der Waals surface area contributed by atoms with Crippen LogP contribution < -0.4 is 23.0 Å². The van der Waals surface area contributed by atoms with E-state index in [1.54, 1.807) is 12.4 Å². The van der Waals surface area contributed by atoms with E-state index in [1.165, 1.54) is 0 Å². The van der Waals surface area contributed by atoms with Gasteiger partial charge >= 0.3 is 21.1 Å². The van der Waals surface area contributed by atoms with Crippen LogP contribution >= 0.6 is 12.2 Å². The summed E-state index contributed by atoms with van der Waals surface area (Å²) in [5.74, 6) is 0. The molecule has 0 aliphatic heterocycles. The molecule has 3 heterocycles. The Labute approximate surface area is 284 Å². The van der Waals surface area contributed by atoms with Crippen LogP contribution in [0.4, 0.5) is 5.69 Å². The molecule has 2 N–H and O–H groups in total. The van der Waals surface area contributed by atoms with Gasteiger partial charge in [0, 0.05) is 50.4 Å². The summed E-state index contributed by atoms with van der Waals surface area (Å²) in [7, 11) is 3.83. The van der Waals surface area contributed by atoms with E-state index in [1.807, 2.05) is 79.7 Å². The van der Waals surface area contributed by atoms with E-state index in [0.717, 1.165) is 57.1 Å². The average molecular weight is 835 g/mol. The number of para-hydroxylation sites is 2. The van der Waals surface area contributed by atoms with Crippen molar-refractivity contribution in [1.29, 1.82) is 0 Å². The minimum Gasteiger partial charge on any atom is -1.00 e. The van der Waals surface area contributed by atoms with Crippen LogP contribution in [0.1, 0.15) is 0 Å². The molecule has 5 aromatic rings. The molecule has 0 aliphatic carbocycles. The van der Waals surface area contributed by atoms with Crippen molar-refractivity contribution in [3.63, 3.8) is 0 Å². The molecule has 0 aliphatic rings. The Morgan fingerprint density at radius 2 is 1.18 bits per heavy atom. The number of halogens is 1. The third kappa shape index (κ3) is 14.5. The van der Waals surface area contributed by atoms with Crippen molar-refractivity contribution >= 4 is 44.8 Å². The minimum atomic E-state index is -1.75. The van der Waals surface area contributed by atoms with E-state index < -0.39 is 10.2 Å². The molecule has 45 heavy (non-hydrogen) atoms. The standard InChI is InChI=1S/C18H20N4S.C10H8N2.ClH.2NO3.Pt/c1-19-18(23)22(2)12-11-20-17-13-7-3-5-9-15(13)21-16-10-6-4-8-14(16)17;1-3-7-11-9(5-1)10-6-2-4-8-12-10;;2*2-1(3)4;/h3-10H,11-12H2,1-2H3,(H,19,23)(H,20,21);1-8H;1H;;;/q;;;2*-1;+2/p-1. The van der Waals surface area contributed by atoms with Crippen molar-refractivity contribution in [3.05, 3.63) is 128 Å². The van der Waals surface area contributed by atoms with Gasteiger partial charge in [0.15, 0.2) is 5.11 Å². The van der Waals surface area contributed by atoms with Gasteiger partial charge in [-0.3, -0.25) is 9.97 Å². The fraction of sp³-hybridized carbons (Fsp3) is 0.143. The van der Waals surface area contributed by atoms with E-state index >= 15 is 0 Å². The Morgan fingerprint density at radius 1 is 0.778 bits per heavy atom. The molecule has 0 amide bonds. The van der Waals surface area contributed by atoms with Gasteiger partial charge < -0.3 is 58.6 Å². The van der Waals surface area contributed by atoms with Crippen LogP contribution in [0.2, 0.25) is 0 Å². The number of aromatic nitrogens is 3. The molecule has 0 radical (unpaired) electrons. The number of thiocarbonyl (C=S) groups is 1. The molecular formula is C28H28ClN8O6PtS-. The zero-order valence-electron chi connectivity index (χ0n) is 23.9. The van der Waals surface area contributed by atoms with Crippen LogP contribution in [0, 0.1) is 30.6 Å². The fourth-order valence-electron chi connectivity index (χ4n) is 3.70. The topological polar surface area (TPSA) is 198 Å². The molecule has 240 valence electrons. The van der Waals surface area contributed by atoms with Gasteiger partial charge in [-0.05, 0) is 48.6 Å². The van der Waals surface area contributed by atoms with Gasteiger partial charge in [-0.25, -0.2) is 4.98 Å². The maximum Gasteiger partial charge on any atom is 2.00 e. The van der Waals surface area contributed by atoms with E-state index in [0.29, 0.717) is 0 Å². The molecule has 17 heteroatoms. The van der Waals surface area contributed by atoms with Crippen LogP contribution in [0.5, 0.6) is 0 Å². The van der Waals surface area contributed by atoms with Gasteiger partial charge in [0.1, 0.15) is 0 Å². The van der Waals surface area contributed by atoms with Crippen molar-refractivity contribution < 1.29 is 43.6 Å². The Hall–Kier alpha value is -4.72. The zero-order valence-corrected chi connectivity index (χ0v) is 27.7.